The molecule has 0 bridgehead atoms. The van der Waals surface area contributed by atoms with E-state index >= 15 is 0 Å². The monoisotopic (exact) mass is 287 g/mol. The van der Waals surface area contributed by atoms with Gasteiger partial charge in [-0.2, -0.15) is 0 Å². The normalized spacial score (nSPS) is 22.7. The molecule has 0 aromatic heterocycles. The Bertz CT molecular complexity index is 476. The summed E-state index contributed by atoms with van der Waals surface area (Å²) in [6.07, 6.45) is 8.06. The van der Waals surface area contributed by atoms with Gasteiger partial charge in [-0.1, -0.05) is 25.0 Å². The minimum atomic E-state index is 0.268. The number of hydrogen-bond donors (Lipinski definition) is 0. The maximum Gasteiger partial charge on any atom is 0.223 e. The molecule has 21 heavy (non-hydrogen) atoms. The van der Waals surface area contributed by atoms with E-state index in [4.69, 9.17) is 4.74 Å². The molecule has 1 amide bonds. The second-order valence-corrected chi connectivity index (χ2v) is 6.37. The van der Waals surface area contributed by atoms with Crippen LogP contribution >= 0.6 is 0 Å². The third-order valence-electron chi connectivity index (χ3n) is 5.01. The fourth-order valence-corrected chi connectivity index (χ4v) is 3.82. The molecule has 1 aliphatic heterocycles. The molecule has 3 rings (SSSR count). The summed E-state index contributed by atoms with van der Waals surface area (Å²) < 4.78 is 5.21. The minimum Gasteiger partial charge on any atom is -0.497 e. The highest BCUT2D eigenvalue weighted by molar-refractivity contribution is 5.77. The first kappa shape index (κ1) is 14.4. The molecule has 3 nitrogen and oxygen atoms in total. The Hall–Kier alpha value is -1.51. The summed E-state index contributed by atoms with van der Waals surface area (Å²) in [5.74, 6) is 1.87. The van der Waals surface area contributed by atoms with Gasteiger partial charge in [0.2, 0.25) is 5.91 Å². The average Bonchev–Trinajstić information content (AvgIpc) is 3.18. The maximum atomic E-state index is 12.6. The fraction of sp³-hybridized carbons (Fsp3) is 0.611. The van der Waals surface area contributed by atoms with Gasteiger partial charge in [-0.25, -0.2) is 0 Å². The second kappa shape index (κ2) is 6.50. The van der Waals surface area contributed by atoms with Crippen LogP contribution in [0.25, 0.3) is 0 Å². The van der Waals surface area contributed by atoms with Crippen molar-refractivity contribution in [1.82, 2.24) is 4.90 Å². The third-order valence-corrected chi connectivity index (χ3v) is 5.01. The van der Waals surface area contributed by atoms with Crippen LogP contribution in [-0.4, -0.2) is 24.5 Å². The van der Waals surface area contributed by atoms with E-state index < -0.39 is 0 Å². The van der Waals surface area contributed by atoms with Crippen LogP contribution in [0.5, 0.6) is 5.75 Å². The lowest BCUT2D eigenvalue weighted by molar-refractivity contribution is -0.133. The third kappa shape index (κ3) is 3.22. The van der Waals surface area contributed by atoms with Gasteiger partial charge in [-0.15, -0.1) is 0 Å². The molecule has 1 aromatic carbocycles. The number of rotatable bonds is 4. The molecular weight excluding hydrogens is 262 g/mol. The van der Waals surface area contributed by atoms with Crippen molar-refractivity contribution in [1.29, 1.82) is 0 Å². The van der Waals surface area contributed by atoms with Crippen molar-refractivity contribution in [2.24, 2.45) is 5.92 Å². The van der Waals surface area contributed by atoms with E-state index in [0.29, 0.717) is 11.8 Å². The van der Waals surface area contributed by atoms with E-state index in [0.717, 1.165) is 31.6 Å². The molecule has 0 radical (unpaired) electrons. The molecule has 0 N–H and O–H groups in total. The lowest BCUT2D eigenvalue weighted by Gasteiger charge is -2.26. The predicted molar refractivity (Wildman–Crippen MR) is 83.3 cm³/mol. The average molecular weight is 287 g/mol. The number of amides is 1. The summed E-state index contributed by atoms with van der Waals surface area (Å²) in [7, 11) is 1.68. The Morgan fingerprint density at radius 1 is 1.14 bits per heavy atom. The molecule has 114 valence electrons. The summed E-state index contributed by atoms with van der Waals surface area (Å²) in [5.41, 5.74) is 1.24. The summed E-state index contributed by atoms with van der Waals surface area (Å²) in [4.78, 5) is 14.7. The number of ether oxygens (including phenoxy) is 1. The van der Waals surface area contributed by atoms with E-state index in [1.165, 1.54) is 31.2 Å². The van der Waals surface area contributed by atoms with Gasteiger partial charge in [-0.05, 0) is 49.3 Å². The van der Waals surface area contributed by atoms with Crippen LogP contribution in [0.1, 0.15) is 56.6 Å². The summed E-state index contributed by atoms with van der Waals surface area (Å²) in [6.45, 7) is 0.919. The molecule has 1 saturated carbocycles. The zero-order valence-electron chi connectivity index (χ0n) is 12.9. The van der Waals surface area contributed by atoms with Crippen molar-refractivity contribution in [3.8, 4) is 5.75 Å². The quantitative estimate of drug-likeness (QED) is 0.839. The first-order valence-corrected chi connectivity index (χ1v) is 8.21. The molecular formula is C18H25NO2. The molecule has 2 aliphatic rings. The number of carbonyl (C=O) groups is 1. The highest BCUT2D eigenvalue weighted by Gasteiger charge is 2.31. The lowest BCUT2D eigenvalue weighted by Crippen LogP contribution is -2.31. The van der Waals surface area contributed by atoms with Gasteiger partial charge in [0.05, 0.1) is 13.2 Å². The van der Waals surface area contributed by atoms with Crippen molar-refractivity contribution >= 4 is 5.91 Å². The Labute approximate surface area is 127 Å². The van der Waals surface area contributed by atoms with Gasteiger partial charge < -0.3 is 9.64 Å². The molecule has 1 atom stereocenters. The Morgan fingerprint density at radius 2 is 1.86 bits per heavy atom. The molecule has 3 heteroatoms. The van der Waals surface area contributed by atoms with E-state index in [2.05, 4.69) is 17.0 Å². The Kier molecular flexibility index (Phi) is 4.47. The first-order chi connectivity index (χ1) is 10.3. The zero-order valence-corrected chi connectivity index (χ0v) is 12.9. The predicted octanol–water partition coefficient (Wildman–Crippen LogP) is 3.94. The van der Waals surface area contributed by atoms with Gasteiger partial charge in [-0.3, -0.25) is 4.79 Å². The Balaban J connectivity index is 1.67. The molecule has 1 aliphatic carbocycles. The molecule has 1 heterocycles. The SMILES string of the molecule is COc1ccc(C2CCCN2C(=O)CC2CCCC2)cc1. The Morgan fingerprint density at radius 3 is 2.52 bits per heavy atom. The minimum absolute atomic E-state index is 0.268. The highest BCUT2D eigenvalue weighted by Crippen LogP contribution is 2.35. The van der Waals surface area contributed by atoms with Crippen molar-refractivity contribution in [2.45, 2.75) is 51.0 Å². The zero-order chi connectivity index (χ0) is 14.7. The van der Waals surface area contributed by atoms with Crippen molar-refractivity contribution < 1.29 is 9.53 Å². The number of nitrogens with zero attached hydrogens (tertiary/aromatic N) is 1. The van der Waals surface area contributed by atoms with Gasteiger partial charge in [0.25, 0.3) is 0 Å². The first-order valence-electron chi connectivity index (χ1n) is 8.21. The van der Waals surface area contributed by atoms with Crippen molar-refractivity contribution in [3.05, 3.63) is 29.8 Å². The smallest absolute Gasteiger partial charge is 0.223 e. The van der Waals surface area contributed by atoms with Crippen LogP contribution in [0.15, 0.2) is 24.3 Å². The van der Waals surface area contributed by atoms with Gasteiger partial charge in [0.15, 0.2) is 0 Å². The lowest BCUT2D eigenvalue weighted by atomic mass is 10.0. The van der Waals surface area contributed by atoms with Crippen molar-refractivity contribution in [2.75, 3.05) is 13.7 Å². The molecule has 1 aromatic rings. The maximum absolute atomic E-state index is 12.6. The molecule has 1 saturated heterocycles. The van der Waals surface area contributed by atoms with E-state index in [1.54, 1.807) is 7.11 Å². The van der Waals surface area contributed by atoms with Crippen LogP contribution in [0.4, 0.5) is 0 Å². The molecule has 1 unspecified atom stereocenters. The number of benzene rings is 1. The number of carbonyl (C=O) groups excluding carboxylic acids is 1. The number of hydrogen-bond acceptors (Lipinski definition) is 2. The summed E-state index contributed by atoms with van der Waals surface area (Å²) in [5, 5.41) is 0. The number of likely N-dealkylation sites (tertiary alicyclic amines) is 1. The van der Waals surface area contributed by atoms with E-state index in [9.17, 15) is 4.79 Å². The largest absolute Gasteiger partial charge is 0.497 e. The summed E-state index contributed by atoms with van der Waals surface area (Å²) >= 11 is 0. The summed E-state index contributed by atoms with van der Waals surface area (Å²) in [6, 6.07) is 8.46. The van der Waals surface area contributed by atoms with Crippen LogP contribution in [0, 0.1) is 5.92 Å². The van der Waals surface area contributed by atoms with E-state index in [1.807, 2.05) is 12.1 Å². The standard InChI is InChI=1S/C18H25NO2/c1-21-16-10-8-15(9-11-16)17-7-4-12-19(17)18(20)13-14-5-2-3-6-14/h8-11,14,17H,2-7,12-13H2,1H3. The van der Waals surface area contributed by atoms with Gasteiger partial charge in [0.1, 0.15) is 5.75 Å². The van der Waals surface area contributed by atoms with Gasteiger partial charge in [0, 0.05) is 13.0 Å². The molecule has 0 spiro atoms. The van der Waals surface area contributed by atoms with Crippen LogP contribution in [-0.2, 0) is 4.79 Å². The van der Waals surface area contributed by atoms with Crippen LogP contribution in [0.2, 0.25) is 0 Å². The van der Waals surface area contributed by atoms with Crippen LogP contribution < -0.4 is 4.74 Å². The topological polar surface area (TPSA) is 29.5 Å². The van der Waals surface area contributed by atoms with E-state index in [-0.39, 0.29) is 6.04 Å². The van der Waals surface area contributed by atoms with Gasteiger partial charge >= 0.3 is 0 Å². The highest BCUT2D eigenvalue weighted by atomic mass is 16.5. The van der Waals surface area contributed by atoms with Crippen LogP contribution in [0.3, 0.4) is 0 Å². The number of methoxy groups -OCH3 is 1. The second-order valence-electron chi connectivity index (χ2n) is 6.37. The van der Waals surface area contributed by atoms with Crippen molar-refractivity contribution in [3.63, 3.8) is 0 Å². The molecule has 2 fully saturated rings. The fourth-order valence-electron chi connectivity index (χ4n) is 3.82.